The van der Waals surface area contributed by atoms with Gasteiger partial charge in [-0.25, -0.2) is 0 Å². The summed E-state index contributed by atoms with van der Waals surface area (Å²) < 4.78 is 10.9. The molecule has 4 heteroatoms. The Morgan fingerprint density at radius 1 is 1.18 bits per heavy atom. The van der Waals surface area contributed by atoms with Crippen LogP contribution in [0.3, 0.4) is 0 Å². The van der Waals surface area contributed by atoms with Gasteiger partial charge >= 0.3 is 0 Å². The summed E-state index contributed by atoms with van der Waals surface area (Å²) in [5.41, 5.74) is 1.05. The Hall–Kier alpha value is -1.20. The van der Waals surface area contributed by atoms with Crippen LogP contribution >= 0.6 is 0 Å². The summed E-state index contributed by atoms with van der Waals surface area (Å²) in [6.45, 7) is 0.209. The van der Waals surface area contributed by atoms with Crippen molar-refractivity contribution in [3.05, 3.63) is 48.0 Å². The third kappa shape index (κ3) is 3.38. The maximum absolute atomic E-state index is 9.44. The van der Waals surface area contributed by atoms with Gasteiger partial charge in [0.25, 0.3) is 0 Å². The molecule has 0 spiro atoms. The Bertz CT molecular complexity index is 363. The van der Waals surface area contributed by atoms with E-state index < -0.39 is 18.5 Å². The molecule has 0 bridgehead atoms. The molecule has 4 nitrogen and oxygen atoms in total. The quantitative estimate of drug-likeness (QED) is 0.760. The maximum Gasteiger partial charge on any atom is 0.177 e. The molecule has 0 saturated heterocycles. The summed E-state index contributed by atoms with van der Waals surface area (Å²) in [5.74, 6) is 0. The Balaban J connectivity index is 1.86. The van der Waals surface area contributed by atoms with E-state index in [1.165, 1.54) is 0 Å². The van der Waals surface area contributed by atoms with Crippen molar-refractivity contribution >= 4 is 0 Å². The monoisotopic (exact) mass is 236 g/mol. The summed E-state index contributed by atoms with van der Waals surface area (Å²) in [6.07, 6.45) is 1.34. The third-order valence-corrected chi connectivity index (χ3v) is 2.59. The fraction of sp³-hybridized carbons (Fsp3) is 0.385. The highest BCUT2D eigenvalue weighted by atomic mass is 16.7. The fourth-order valence-electron chi connectivity index (χ4n) is 1.63. The van der Waals surface area contributed by atoms with Crippen molar-refractivity contribution in [1.82, 2.24) is 0 Å². The molecular weight excluding hydrogens is 220 g/mol. The van der Waals surface area contributed by atoms with Crippen LogP contribution in [0.4, 0.5) is 0 Å². The van der Waals surface area contributed by atoms with Gasteiger partial charge in [-0.05, 0) is 11.6 Å². The number of hydrogen-bond donors (Lipinski definition) is 2. The molecule has 0 saturated carbocycles. The number of ether oxygens (including phenoxy) is 2. The smallest absolute Gasteiger partial charge is 0.177 e. The fourth-order valence-corrected chi connectivity index (χ4v) is 1.63. The third-order valence-electron chi connectivity index (χ3n) is 2.59. The number of aliphatic hydroxyl groups excluding tert-OH is 2. The lowest BCUT2D eigenvalue weighted by atomic mass is 10.1. The molecule has 1 aliphatic heterocycles. The minimum Gasteiger partial charge on any atom is -0.394 e. The summed E-state index contributed by atoms with van der Waals surface area (Å²) >= 11 is 0. The van der Waals surface area contributed by atoms with Crippen LogP contribution in [0.2, 0.25) is 0 Å². The first kappa shape index (κ1) is 12.3. The molecule has 0 amide bonds. The lowest BCUT2D eigenvalue weighted by molar-refractivity contribution is -0.184. The van der Waals surface area contributed by atoms with Crippen molar-refractivity contribution in [3.63, 3.8) is 0 Å². The van der Waals surface area contributed by atoms with Crippen molar-refractivity contribution in [2.75, 3.05) is 6.61 Å². The van der Waals surface area contributed by atoms with Crippen molar-refractivity contribution in [1.29, 1.82) is 0 Å². The predicted molar refractivity (Wildman–Crippen MR) is 62.1 cm³/mol. The molecule has 2 rings (SSSR count). The molecule has 1 aromatic carbocycles. The zero-order valence-corrected chi connectivity index (χ0v) is 9.40. The largest absolute Gasteiger partial charge is 0.394 e. The van der Waals surface area contributed by atoms with Gasteiger partial charge in [0.15, 0.2) is 6.29 Å². The first-order chi connectivity index (χ1) is 8.29. The molecule has 1 unspecified atom stereocenters. The van der Waals surface area contributed by atoms with E-state index in [2.05, 4.69) is 0 Å². The summed E-state index contributed by atoms with van der Waals surface area (Å²) in [4.78, 5) is 0. The lowest BCUT2D eigenvalue weighted by Crippen LogP contribution is -2.38. The molecule has 1 aromatic rings. The number of hydrogen-bond acceptors (Lipinski definition) is 4. The summed E-state index contributed by atoms with van der Waals surface area (Å²) in [7, 11) is 0. The molecule has 3 atom stereocenters. The molecule has 0 radical (unpaired) electrons. The van der Waals surface area contributed by atoms with Gasteiger partial charge in [0.2, 0.25) is 0 Å². The Morgan fingerprint density at radius 3 is 2.65 bits per heavy atom. The van der Waals surface area contributed by atoms with Crippen LogP contribution in [0.15, 0.2) is 42.5 Å². The molecule has 2 N–H and O–H groups in total. The molecule has 0 aliphatic carbocycles. The second kappa shape index (κ2) is 5.93. The first-order valence-corrected chi connectivity index (χ1v) is 5.58. The van der Waals surface area contributed by atoms with E-state index in [9.17, 15) is 5.11 Å². The van der Waals surface area contributed by atoms with Crippen LogP contribution in [0, 0.1) is 0 Å². The maximum atomic E-state index is 9.44. The SMILES string of the molecule is OC[C@H]1OC(OCc2ccccc2)C=C[C@H]1O. The normalized spacial score (nSPS) is 28.2. The molecule has 0 aromatic heterocycles. The highest BCUT2D eigenvalue weighted by Crippen LogP contribution is 2.15. The highest BCUT2D eigenvalue weighted by Gasteiger charge is 2.25. The molecule has 92 valence electrons. The predicted octanol–water partition coefficient (Wildman–Crippen LogP) is 0.837. The van der Waals surface area contributed by atoms with E-state index in [1.807, 2.05) is 30.3 Å². The van der Waals surface area contributed by atoms with Crippen molar-refractivity contribution in [3.8, 4) is 0 Å². The Morgan fingerprint density at radius 2 is 1.94 bits per heavy atom. The second-order valence-corrected chi connectivity index (χ2v) is 3.90. The average Bonchev–Trinajstić information content (AvgIpc) is 2.39. The van der Waals surface area contributed by atoms with Crippen LogP contribution in [0.25, 0.3) is 0 Å². The second-order valence-electron chi connectivity index (χ2n) is 3.90. The van der Waals surface area contributed by atoms with Crippen LogP contribution in [-0.2, 0) is 16.1 Å². The van der Waals surface area contributed by atoms with E-state index >= 15 is 0 Å². The van der Waals surface area contributed by atoms with E-state index in [4.69, 9.17) is 14.6 Å². The minimum absolute atomic E-state index is 0.225. The van der Waals surface area contributed by atoms with Gasteiger partial charge in [0, 0.05) is 0 Å². The summed E-state index contributed by atoms with van der Waals surface area (Å²) in [5, 5.41) is 18.4. The van der Waals surface area contributed by atoms with E-state index in [-0.39, 0.29) is 6.61 Å². The van der Waals surface area contributed by atoms with Crippen LogP contribution in [0.1, 0.15) is 5.56 Å². The molecule has 0 fully saturated rings. The van der Waals surface area contributed by atoms with Crippen LogP contribution in [-0.4, -0.2) is 35.3 Å². The summed E-state index contributed by atoms with van der Waals surface area (Å²) in [6, 6.07) is 9.75. The molecule has 17 heavy (non-hydrogen) atoms. The van der Waals surface area contributed by atoms with Gasteiger partial charge < -0.3 is 19.7 Å². The molecule has 1 aliphatic rings. The van der Waals surface area contributed by atoms with Crippen molar-refractivity contribution < 1.29 is 19.7 Å². The van der Waals surface area contributed by atoms with E-state index in [0.717, 1.165) is 5.56 Å². The van der Waals surface area contributed by atoms with Gasteiger partial charge in [0.05, 0.1) is 13.2 Å². The molecular formula is C13H16O4. The Kier molecular flexibility index (Phi) is 4.28. The number of rotatable bonds is 4. The highest BCUT2D eigenvalue weighted by molar-refractivity contribution is 5.13. The Labute approximate surface area is 100 Å². The van der Waals surface area contributed by atoms with Gasteiger partial charge in [-0.3, -0.25) is 0 Å². The van der Waals surface area contributed by atoms with Gasteiger partial charge in [-0.1, -0.05) is 36.4 Å². The van der Waals surface area contributed by atoms with Gasteiger partial charge in [-0.2, -0.15) is 0 Å². The number of aliphatic hydroxyl groups is 2. The zero-order chi connectivity index (χ0) is 12.1. The number of benzene rings is 1. The van der Waals surface area contributed by atoms with Gasteiger partial charge in [-0.15, -0.1) is 0 Å². The topological polar surface area (TPSA) is 58.9 Å². The van der Waals surface area contributed by atoms with Crippen LogP contribution in [0.5, 0.6) is 0 Å². The van der Waals surface area contributed by atoms with E-state index in [0.29, 0.717) is 6.61 Å². The van der Waals surface area contributed by atoms with Crippen molar-refractivity contribution in [2.45, 2.75) is 25.1 Å². The molecule has 1 heterocycles. The van der Waals surface area contributed by atoms with Crippen LogP contribution < -0.4 is 0 Å². The average molecular weight is 236 g/mol. The van der Waals surface area contributed by atoms with Crippen molar-refractivity contribution in [2.24, 2.45) is 0 Å². The minimum atomic E-state index is -0.767. The standard InChI is InChI=1S/C13H16O4/c14-8-12-11(15)6-7-13(17-12)16-9-10-4-2-1-3-5-10/h1-7,11-15H,8-9H2/t11-,12-,13?/m1/s1. The first-order valence-electron chi connectivity index (χ1n) is 5.58. The lowest BCUT2D eigenvalue weighted by Gasteiger charge is -2.28. The van der Waals surface area contributed by atoms with Gasteiger partial charge in [0.1, 0.15) is 12.2 Å². The van der Waals surface area contributed by atoms with E-state index in [1.54, 1.807) is 12.2 Å². The zero-order valence-electron chi connectivity index (χ0n) is 9.40.